The molecule has 0 heterocycles. The van der Waals surface area contributed by atoms with Crippen LogP contribution in [0.15, 0.2) is 0 Å². The number of unbranched alkanes of at least 4 members (excludes halogenated alkanes) is 2. The fraction of sp³-hybridized carbons (Fsp3) is 0.900. The zero-order chi connectivity index (χ0) is 20.4. The lowest BCUT2D eigenvalue weighted by molar-refractivity contribution is -0.250. The van der Waals surface area contributed by atoms with E-state index in [0.29, 0.717) is 43.6 Å². The minimum absolute atomic E-state index is 0.0893. The van der Waals surface area contributed by atoms with Crippen LogP contribution >= 0.6 is 0 Å². The van der Waals surface area contributed by atoms with Gasteiger partial charge in [-0.2, -0.15) is 8.78 Å². The maximum absolute atomic E-state index is 13.4. The molecule has 0 unspecified atom stereocenters. The Morgan fingerprint density at radius 2 is 1.64 bits per heavy atom. The van der Waals surface area contributed by atoms with Crippen LogP contribution in [0, 0.1) is 17.8 Å². The molecular formula is C20H32F2N2O4. The summed E-state index contributed by atoms with van der Waals surface area (Å²) in [7, 11) is 0. The summed E-state index contributed by atoms with van der Waals surface area (Å²) in [5.74, 6) is 0.488. The maximum atomic E-state index is 13.4. The van der Waals surface area contributed by atoms with Crippen LogP contribution in [0.3, 0.4) is 0 Å². The van der Waals surface area contributed by atoms with Crippen molar-refractivity contribution < 1.29 is 27.8 Å². The lowest BCUT2D eigenvalue weighted by Gasteiger charge is -2.60. The SMILES string of the molecule is CCOC(=O)C(F)(F)OCCCCCN(C(N)=O)C12CC3CC(CC(C3)C1)C2. The average Bonchev–Trinajstić information content (AvgIpc) is 2.59. The summed E-state index contributed by atoms with van der Waals surface area (Å²) in [6, 6.07) is -0.368. The first-order valence-electron chi connectivity index (χ1n) is 10.5. The number of rotatable bonds is 10. The van der Waals surface area contributed by atoms with Gasteiger partial charge in [-0.25, -0.2) is 9.59 Å². The van der Waals surface area contributed by atoms with Gasteiger partial charge in [-0.05, 0) is 82.5 Å². The van der Waals surface area contributed by atoms with Crippen LogP contribution in [0.5, 0.6) is 0 Å². The van der Waals surface area contributed by atoms with E-state index < -0.39 is 12.1 Å². The molecule has 2 N–H and O–H groups in total. The van der Waals surface area contributed by atoms with Gasteiger partial charge in [0.25, 0.3) is 0 Å². The lowest BCUT2D eigenvalue weighted by Crippen LogP contribution is -2.62. The minimum Gasteiger partial charge on any atom is -0.460 e. The van der Waals surface area contributed by atoms with Gasteiger partial charge in [0.15, 0.2) is 0 Å². The van der Waals surface area contributed by atoms with E-state index >= 15 is 0 Å². The molecule has 4 bridgehead atoms. The number of esters is 1. The lowest BCUT2D eigenvalue weighted by atomic mass is 9.52. The molecule has 2 amide bonds. The molecule has 0 atom stereocenters. The topological polar surface area (TPSA) is 81.9 Å². The maximum Gasteiger partial charge on any atom is 0.456 e. The molecule has 4 saturated carbocycles. The minimum atomic E-state index is -3.91. The number of halogens is 2. The summed E-state index contributed by atoms with van der Waals surface area (Å²) in [5, 5.41) is 0. The predicted molar refractivity (Wildman–Crippen MR) is 98.6 cm³/mol. The van der Waals surface area contributed by atoms with Crippen LogP contribution in [0.4, 0.5) is 13.6 Å². The number of nitrogens with zero attached hydrogens (tertiary/aromatic N) is 1. The predicted octanol–water partition coefficient (Wildman–Crippen LogP) is 3.68. The summed E-state index contributed by atoms with van der Waals surface area (Å²) in [6.45, 7) is 1.66. The van der Waals surface area contributed by atoms with E-state index in [1.54, 1.807) is 0 Å². The molecule has 0 aliphatic heterocycles. The molecule has 28 heavy (non-hydrogen) atoms. The van der Waals surface area contributed by atoms with E-state index in [0.717, 1.165) is 19.3 Å². The fourth-order valence-corrected chi connectivity index (χ4v) is 6.00. The second-order valence-electron chi connectivity index (χ2n) is 8.78. The quantitative estimate of drug-likeness (QED) is 0.446. The highest BCUT2D eigenvalue weighted by Gasteiger charge is 2.54. The number of hydrogen-bond donors (Lipinski definition) is 1. The summed E-state index contributed by atoms with van der Waals surface area (Å²) in [6.07, 6.45) is 4.79. The van der Waals surface area contributed by atoms with E-state index in [1.807, 2.05) is 4.90 Å². The number of primary amides is 1. The fourth-order valence-electron chi connectivity index (χ4n) is 6.00. The second-order valence-corrected chi connectivity index (χ2v) is 8.78. The van der Waals surface area contributed by atoms with E-state index in [4.69, 9.17) is 5.73 Å². The third-order valence-corrected chi connectivity index (χ3v) is 6.67. The van der Waals surface area contributed by atoms with Gasteiger partial charge >= 0.3 is 18.1 Å². The number of ether oxygens (including phenoxy) is 2. The van der Waals surface area contributed by atoms with Crippen molar-refractivity contribution in [2.75, 3.05) is 19.8 Å². The molecule has 0 aromatic heterocycles. The molecular weight excluding hydrogens is 370 g/mol. The number of hydrogen-bond acceptors (Lipinski definition) is 4. The van der Waals surface area contributed by atoms with Crippen molar-refractivity contribution in [2.45, 2.75) is 76.4 Å². The van der Waals surface area contributed by atoms with Gasteiger partial charge in [0.2, 0.25) is 0 Å². The molecule has 0 aromatic carbocycles. The molecule has 0 aromatic rings. The number of amides is 2. The Morgan fingerprint density at radius 1 is 1.07 bits per heavy atom. The Labute approximate surface area is 165 Å². The first-order valence-corrected chi connectivity index (χ1v) is 10.5. The monoisotopic (exact) mass is 402 g/mol. The number of nitrogens with two attached hydrogens (primary N) is 1. The Balaban J connectivity index is 1.43. The third-order valence-electron chi connectivity index (χ3n) is 6.67. The zero-order valence-electron chi connectivity index (χ0n) is 16.6. The number of carbonyl (C=O) groups is 2. The van der Waals surface area contributed by atoms with Crippen molar-refractivity contribution in [1.82, 2.24) is 4.90 Å². The van der Waals surface area contributed by atoms with E-state index in [2.05, 4.69) is 9.47 Å². The van der Waals surface area contributed by atoms with Crippen LogP contribution in [0.25, 0.3) is 0 Å². The molecule has 160 valence electrons. The van der Waals surface area contributed by atoms with Crippen molar-refractivity contribution in [3.05, 3.63) is 0 Å². The average molecular weight is 402 g/mol. The first-order chi connectivity index (χ1) is 13.3. The van der Waals surface area contributed by atoms with Crippen LogP contribution in [0.1, 0.15) is 64.7 Å². The molecule has 0 saturated heterocycles. The number of urea groups is 1. The van der Waals surface area contributed by atoms with Crippen LogP contribution in [-0.2, 0) is 14.3 Å². The van der Waals surface area contributed by atoms with E-state index in [-0.39, 0.29) is 24.8 Å². The highest BCUT2D eigenvalue weighted by atomic mass is 19.3. The zero-order valence-corrected chi connectivity index (χ0v) is 16.6. The largest absolute Gasteiger partial charge is 0.460 e. The Bertz CT molecular complexity index is 549. The molecule has 0 radical (unpaired) electrons. The molecule has 8 heteroatoms. The third kappa shape index (κ3) is 4.58. The van der Waals surface area contributed by atoms with Crippen molar-refractivity contribution >= 4 is 12.0 Å². The molecule has 4 aliphatic rings. The van der Waals surface area contributed by atoms with Crippen LogP contribution < -0.4 is 5.73 Å². The molecule has 0 spiro atoms. The highest BCUT2D eigenvalue weighted by Crippen LogP contribution is 2.57. The van der Waals surface area contributed by atoms with Crippen molar-refractivity contribution in [1.29, 1.82) is 0 Å². The molecule has 6 nitrogen and oxygen atoms in total. The van der Waals surface area contributed by atoms with Gasteiger partial charge in [0.05, 0.1) is 13.2 Å². The Hall–Kier alpha value is -1.44. The van der Waals surface area contributed by atoms with Gasteiger partial charge < -0.3 is 20.1 Å². The summed E-state index contributed by atoms with van der Waals surface area (Å²) in [4.78, 5) is 25.1. The number of alkyl halides is 2. The first kappa shape index (κ1) is 21.3. The van der Waals surface area contributed by atoms with Crippen molar-refractivity contribution in [3.63, 3.8) is 0 Å². The molecule has 4 fully saturated rings. The van der Waals surface area contributed by atoms with Gasteiger partial charge in [-0.1, -0.05) is 0 Å². The molecule has 4 aliphatic carbocycles. The van der Waals surface area contributed by atoms with Gasteiger partial charge in [0.1, 0.15) is 0 Å². The summed E-state index contributed by atoms with van der Waals surface area (Å²) >= 11 is 0. The van der Waals surface area contributed by atoms with Gasteiger partial charge in [0, 0.05) is 12.1 Å². The standard InChI is InChI=1S/C20H32F2N2O4/c1-2-27-17(25)20(21,22)28-7-5-3-4-6-24(18(23)26)19-11-14-8-15(12-19)10-16(9-14)13-19/h14-16H,2-13H2,1H3,(H2,23,26). The normalized spacial score (nSPS) is 31.0. The van der Waals surface area contributed by atoms with Crippen molar-refractivity contribution in [3.8, 4) is 0 Å². The Kier molecular flexibility index (Phi) is 6.47. The highest BCUT2D eigenvalue weighted by molar-refractivity contribution is 5.75. The van der Waals surface area contributed by atoms with Gasteiger partial charge in [-0.15, -0.1) is 0 Å². The van der Waals surface area contributed by atoms with Gasteiger partial charge in [-0.3, -0.25) is 0 Å². The summed E-state index contributed by atoms with van der Waals surface area (Å²) < 4.78 is 35.5. The smallest absolute Gasteiger partial charge is 0.456 e. The number of carbonyl (C=O) groups excluding carboxylic acids is 2. The van der Waals surface area contributed by atoms with Crippen molar-refractivity contribution in [2.24, 2.45) is 23.5 Å². The Morgan fingerprint density at radius 3 is 2.14 bits per heavy atom. The van der Waals surface area contributed by atoms with E-state index in [9.17, 15) is 18.4 Å². The van der Waals surface area contributed by atoms with Crippen LogP contribution in [0.2, 0.25) is 0 Å². The van der Waals surface area contributed by atoms with Crippen LogP contribution in [-0.4, -0.2) is 48.3 Å². The molecule has 4 rings (SSSR count). The second kappa shape index (κ2) is 8.51. The van der Waals surface area contributed by atoms with E-state index in [1.165, 1.54) is 26.2 Å². The summed E-state index contributed by atoms with van der Waals surface area (Å²) in [5.41, 5.74) is 5.64.